The van der Waals surface area contributed by atoms with E-state index in [9.17, 15) is 32.8 Å². The Kier molecular flexibility index (Phi) is 15.6. The van der Waals surface area contributed by atoms with Crippen LogP contribution in [0, 0.1) is 0 Å². The minimum absolute atomic E-state index is 0.00616. The molecule has 4 N–H and O–H groups in total. The number of carbonyl (C=O) groups excluding carboxylic acids is 5. The molecule has 0 aliphatic carbocycles. The number of morpholine rings is 1. The third-order valence-corrected chi connectivity index (χ3v) is 9.64. The standard InChI is InChI=1S/C41H49F2N5O8/c1-41(27-56-41)36(50)32(23-29-13-7-3-8-14-29)45-38(52)33(24-30-15-9-4-10-16-30)46-39(53)34(26-55-40(42)43)47-37(51)31(18-17-28-11-5-2-6-12-28)44-35(49)25-48-19-21-54-22-20-48/h2-16,31-34,40H,17-27H2,1H3,(H,44,49)(H,45,52)(H,46,53)(H,47,51)/t31-,32-,33-,34-,41-/m0/s1. The zero-order valence-corrected chi connectivity index (χ0v) is 31.3. The fourth-order valence-electron chi connectivity index (χ4n) is 6.33. The maximum absolute atomic E-state index is 14.0. The Morgan fingerprint density at radius 1 is 0.696 bits per heavy atom. The van der Waals surface area contributed by atoms with E-state index in [1.165, 1.54) is 0 Å². The van der Waals surface area contributed by atoms with E-state index >= 15 is 0 Å². The number of ether oxygens (including phenoxy) is 3. The van der Waals surface area contributed by atoms with Gasteiger partial charge in [-0.3, -0.25) is 28.9 Å². The Morgan fingerprint density at radius 3 is 1.73 bits per heavy atom. The number of Topliss-reactive ketones (excluding diaryl/α,β-unsaturated/α-hetero) is 1. The summed E-state index contributed by atoms with van der Waals surface area (Å²) in [5, 5.41) is 10.6. The van der Waals surface area contributed by atoms with Crippen LogP contribution in [-0.2, 0) is 57.4 Å². The van der Waals surface area contributed by atoms with E-state index in [0.29, 0.717) is 38.3 Å². The van der Waals surface area contributed by atoms with Gasteiger partial charge in [-0.25, -0.2) is 0 Å². The van der Waals surface area contributed by atoms with Gasteiger partial charge in [-0.05, 0) is 42.9 Å². The van der Waals surface area contributed by atoms with Gasteiger partial charge in [0.15, 0.2) is 5.78 Å². The summed E-state index contributed by atoms with van der Waals surface area (Å²) in [6.07, 6.45) is 0.631. The molecule has 5 atom stereocenters. The molecule has 0 unspecified atom stereocenters. The van der Waals surface area contributed by atoms with Gasteiger partial charge in [0.25, 0.3) is 0 Å². The molecule has 56 heavy (non-hydrogen) atoms. The average molecular weight is 778 g/mol. The summed E-state index contributed by atoms with van der Waals surface area (Å²) in [7, 11) is 0. The number of rotatable bonds is 21. The lowest BCUT2D eigenvalue weighted by molar-refractivity contribution is -0.148. The molecule has 2 aliphatic heterocycles. The number of halogens is 2. The molecule has 2 aliphatic rings. The lowest BCUT2D eigenvalue weighted by atomic mass is 9.94. The van der Waals surface area contributed by atoms with Crippen molar-refractivity contribution in [2.24, 2.45) is 0 Å². The van der Waals surface area contributed by atoms with Crippen molar-refractivity contribution in [1.82, 2.24) is 26.2 Å². The molecular formula is C41H49F2N5O8. The van der Waals surface area contributed by atoms with Crippen molar-refractivity contribution in [2.75, 3.05) is 46.1 Å². The van der Waals surface area contributed by atoms with Gasteiger partial charge < -0.3 is 35.5 Å². The highest BCUT2D eigenvalue weighted by Gasteiger charge is 2.50. The second-order valence-electron chi connectivity index (χ2n) is 14.1. The van der Waals surface area contributed by atoms with Crippen LogP contribution in [0.4, 0.5) is 8.78 Å². The molecule has 0 saturated carbocycles. The van der Waals surface area contributed by atoms with Crippen LogP contribution >= 0.6 is 0 Å². The third kappa shape index (κ3) is 13.3. The van der Waals surface area contributed by atoms with Gasteiger partial charge in [0.2, 0.25) is 23.6 Å². The highest BCUT2D eigenvalue weighted by Crippen LogP contribution is 2.29. The van der Waals surface area contributed by atoms with Gasteiger partial charge in [0, 0.05) is 19.5 Å². The van der Waals surface area contributed by atoms with Crippen molar-refractivity contribution in [3.63, 3.8) is 0 Å². The van der Waals surface area contributed by atoms with E-state index in [4.69, 9.17) is 9.47 Å². The number of ketones is 1. The topological polar surface area (TPSA) is 168 Å². The Morgan fingerprint density at radius 2 is 1.18 bits per heavy atom. The van der Waals surface area contributed by atoms with Crippen LogP contribution in [0.3, 0.4) is 0 Å². The van der Waals surface area contributed by atoms with Crippen LogP contribution in [-0.4, -0.2) is 117 Å². The minimum Gasteiger partial charge on any atom is -0.379 e. The number of alkyl halides is 2. The number of nitrogens with one attached hydrogen (secondary N) is 4. The molecule has 2 fully saturated rings. The summed E-state index contributed by atoms with van der Waals surface area (Å²) >= 11 is 0. The van der Waals surface area contributed by atoms with Crippen LogP contribution < -0.4 is 21.3 Å². The smallest absolute Gasteiger partial charge is 0.345 e. The predicted octanol–water partition coefficient (Wildman–Crippen LogP) is 1.97. The molecule has 0 bridgehead atoms. The zero-order valence-electron chi connectivity index (χ0n) is 31.3. The maximum Gasteiger partial charge on any atom is 0.345 e. The predicted molar refractivity (Wildman–Crippen MR) is 201 cm³/mol. The van der Waals surface area contributed by atoms with E-state index in [0.717, 1.165) is 11.1 Å². The second-order valence-corrected chi connectivity index (χ2v) is 14.1. The summed E-state index contributed by atoms with van der Waals surface area (Å²) < 4.78 is 42.0. The molecule has 300 valence electrons. The molecular weight excluding hydrogens is 728 g/mol. The highest BCUT2D eigenvalue weighted by atomic mass is 19.3. The fraction of sp³-hybridized carbons (Fsp3) is 0.439. The summed E-state index contributed by atoms with van der Waals surface area (Å²) in [5.41, 5.74) is 1.26. The second kappa shape index (κ2) is 20.7. The first-order valence-corrected chi connectivity index (χ1v) is 18.7. The SMILES string of the molecule is C[C@@]1(C(=O)[C@H](Cc2ccccc2)NC(=O)[C@H](Cc2ccccc2)NC(=O)[C@H](COC(F)F)NC(=O)[C@H](CCc2ccccc2)NC(=O)CN2CCOCC2)CO1. The summed E-state index contributed by atoms with van der Waals surface area (Å²) in [4.78, 5) is 70.4. The number of hydrogen-bond donors (Lipinski definition) is 4. The van der Waals surface area contributed by atoms with Crippen molar-refractivity contribution in [2.45, 2.75) is 69.0 Å². The van der Waals surface area contributed by atoms with E-state index in [1.54, 1.807) is 37.3 Å². The van der Waals surface area contributed by atoms with E-state index in [1.807, 2.05) is 65.6 Å². The van der Waals surface area contributed by atoms with Gasteiger partial charge in [0.05, 0.1) is 39.0 Å². The molecule has 2 heterocycles. The highest BCUT2D eigenvalue weighted by molar-refractivity contribution is 5.99. The Labute approximate surface area is 324 Å². The number of epoxide rings is 1. The quantitative estimate of drug-likeness (QED) is 0.118. The fourth-order valence-corrected chi connectivity index (χ4v) is 6.33. The van der Waals surface area contributed by atoms with Crippen LogP contribution in [0.1, 0.15) is 30.0 Å². The lowest BCUT2D eigenvalue weighted by Gasteiger charge is -2.28. The third-order valence-electron chi connectivity index (χ3n) is 9.64. The number of hydrogen-bond acceptors (Lipinski definition) is 9. The van der Waals surface area contributed by atoms with Crippen molar-refractivity contribution in [1.29, 1.82) is 0 Å². The molecule has 0 radical (unpaired) electrons. The largest absolute Gasteiger partial charge is 0.379 e. The van der Waals surface area contributed by atoms with Gasteiger partial charge in [-0.1, -0.05) is 91.0 Å². The average Bonchev–Trinajstić information content (AvgIpc) is 3.96. The minimum atomic E-state index is -3.27. The number of nitrogens with zero attached hydrogens (tertiary/aromatic N) is 1. The van der Waals surface area contributed by atoms with Gasteiger partial charge in [0.1, 0.15) is 23.7 Å². The maximum atomic E-state index is 14.0. The number of amides is 4. The Bertz CT molecular complexity index is 1740. The molecule has 0 aromatic heterocycles. The van der Waals surface area contributed by atoms with Crippen molar-refractivity contribution in [3.05, 3.63) is 108 Å². The zero-order chi connectivity index (χ0) is 39.9. The monoisotopic (exact) mass is 777 g/mol. The normalized spacial score (nSPS) is 18.9. The first-order chi connectivity index (χ1) is 27.0. The Balaban J connectivity index is 1.34. The van der Waals surface area contributed by atoms with E-state index < -0.39 is 66.6 Å². The molecule has 3 aromatic rings. The molecule has 15 heteroatoms. The number of aryl methyl sites for hydroxylation is 1. The van der Waals surface area contributed by atoms with Gasteiger partial charge >= 0.3 is 6.61 Å². The molecule has 0 spiro atoms. The molecule has 2 saturated heterocycles. The molecule has 13 nitrogen and oxygen atoms in total. The first kappa shape index (κ1) is 42.1. The molecule has 3 aromatic carbocycles. The Hall–Kier alpha value is -5.09. The van der Waals surface area contributed by atoms with Crippen molar-refractivity contribution in [3.8, 4) is 0 Å². The van der Waals surface area contributed by atoms with E-state index in [-0.39, 0.29) is 38.2 Å². The van der Waals surface area contributed by atoms with Crippen LogP contribution in [0.2, 0.25) is 0 Å². The van der Waals surface area contributed by atoms with Crippen LogP contribution in [0.25, 0.3) is 0 Å². The van der Waals surface area contributed by atoms with E-state index in [2.05, 4.69) is 26.0 Å². The van der Waals surface area contributed by atoms with Crippen molar-refractivity contribution < 1.29 is 47.0 Å². The molecule has 5 rings (SSSR count). The van der Waals surface area contributed by atoms with Gasteiger partial charge in [-0.15, -0.1) is 0 Å². The lowest BCUT2D eigenvalue weighted by Crippen LogP contribution is -2.60. The van der Waals surface area contributed by atoms with Crippen LogP contribution in [0.15, 0.2) is 91.0 Å². The van der Waals surface area contributed by atoms with Crippen LogP contribution in [0.5, 0.6) is 0 Å². The summed E-state index contributed by atoms with van der Waals surface area (Å²) in [6.45, 7) is -0.371. The summed E-state index contributed by atoms with van der Waals surface area (Å²) in [5.74, 6) is -3.28. The van der Waals surface area contributed by atoms with Gasteiger partial charge in [-0.2, -0.15) is 8.78 Å². The van der Waals surface area contributed by atoms with Crippen molar-refractivity contribution >= 4 is 29.4 Å². The summed E-state index contributed by atoms with van der Waals surface area (Å²) in [6, 6.07) is 21.9. The first-order valence-electron chi connectivity index (χ1n) is 18.7. The number of carbonyl (C=O) groups is 5. The molecule has 4 amide bonds. The number of benzene rings is 3.